The maximum absolute atomic E-state index is 13.2. The second-order valence-corrected chi connectivity index (χ2v) is 10.8. The first-order valence-electron chi connectivity index (χ1n) is 12.1. The summed E-state index contributed by atoms with van der Waals surface area (Å²) >= 11 is 0. The molecule has 0 radical (unpaired) electrons. The second kappa shape index (κ2) is 9.42. The van der Waals surface area contributed by atoms with Gasteiger partial charge < -0.3 is 0 Å². The Morgan fingerprint density at radius 3 is 2.29 bits per heavy atom. The van der Waals surface area contributed by atoms with E-state index in [1.807, 2.05) is 6.92 Å². The summed E-state index contributed by atoms with van der Waals surface area (Å²) in [5.74, 6) is 1.78. The third-order valence-corrected chi connectivity index (χ3v) is 9.23. The number of alkyl halides is 6. The monoisotopic (exact) mass is 456 g/mol. The Morgan fingerprint density at radius 1 is 0.968 bits per heavy atom. The van der Waals surface area contributed by atoms with Gasteiger partial charge >= 0.3 is 12.5 Å². The van der Waals surface area contributed by atoms with E-state index < -0.39 is 19.0 Å². The van der Waals surface area contributed by atoms with Crippen molar-refractivity contribution in [2.75, 3.05) is 6.61 Å². The highest BCUT2D eigenvalue weighted by Gasteiger charge is 2.57. The summed E-state index contributed by atoms with van der Waals surface area (Å²) in [6, 6.07) is 0. The van der Waals surface area contributed by atoms with Crippen LogP contribution < -0.4 is 0 Å². The van der Waals surface area contributed by atoms with E-state index in [1.54, 1.807) is 0 Å². The fourth-order valence-electron chi connectivity index (χ4n) is 8.10. The summed E-state index contributed by atoms with van der Waals surface area (Å²) in [5.41, 5.74) is 0.0897. The molecular formula is C24H38F6O. The van der Waals surface area contributed by atoms with Crippen LogP contribution in [0, 0.1) is 46.8 Å². The molecule has 1 nitrogen and oxygen atoms in total. The summed E-state index contributed by atoms with van der Waals surface area (Å²) in [6.07, 6.45) is -1.55. The van der Waals surface area contributed by atoms with Crippen molar-refractivity contribution in [2.45, 2.75) is 97.5 Å². The van der Waals surface area contributed by atoms with Crippen molar-refractivity contribution in [1.29, 1.82) is 0 Å². The van der Waals surface area contributed by atoms with Crippen LogP contribution in [-0.4, -0.2) is 19.1 Å². The molecule has 7 heteroatoms. The van der Waals surface area contributed by atoms with Crippen LogP contribution in [0.1, 0.15) is 85.0 Å². The Bertz CT molecular complexity index is 588. The summed E-state index contributed by atoms with van der Waals surface area (Å²) < 4.78 is 80.6. The number of hydrogen-bond acceptors (Lipinski definition) is 1. The lowest BCUT2D eigenvalue weighted by Crippen LogP contribution is -2.48. The topological polar surface area (TPSA) is 9.23 Å². The highest BCUT2D eigenvalue weighted by Crippen LogP contribution is 2.65. The zero-order chi connectivity index (χ0) is 23.0. The first-order chi connectivity index (χ1) is 14.4. The predicted molar refractivity (Wildman–Crippen MR) is 108 cm³/mol. The maximum atomic E-state index is 13.2. The SMILES string of the molecule is CCCC1C(CC(F)(F)F)CCC2C1CCC1(C)C(C(C)CCOC(F)(F)F)CCC21. The molecular weight excluding hydrogens is 418 g/mol. The third-order valence-electron chi connectivity index (χ3n) is 9.23. The lowest BCUT2D eigenvalue weighted by Gasteiger charge is -2.55. The Hall–Kier alpha value is -0.460. The Kier molecular flexibility index (Phi) is 7.65. The standard InChI is InChI=1S/C24H38F6O/c1-4-5-17-16(14-23(25,26)27)6-7-19-18(17)10-12-22(3)20(8-9-21(19)22)15(2)11-13-31-24(28,29)30/h15-21H,4-14H2,1-3H3. The Morgan fingerprint density at radius 2 is 1.68 bits per heavy atom. The molecule has 182 valence electrons. The van der Waals surface area contributed by atoms with Crippen LogP contribution in [0.15, 0.2) is 0 Å². The van der Waals surface area contributed by atoms with Crippen molar-refractivity contribution >= 4 is 0 Å². The van der Waals surface area contributed by atoms with Gasteiger partial charge in [0.2, 0.25) is 0 Å². The first kappa shape index (κ1) is 25.2. The number of fused-ring (bicyclic) bond motifs is 3. The molecule has 0 bridgehead atoms. The van der Waals surface area contributed by atoms with Gasteiger partial charge in [-0.3, -0.25) is 4.74 Å². The minimum Gasteiger partial charge on any atom is -0.292 e. The van der Waals surface area contributed by atoms with Crippen LogP contribution in [0.25, 0.3) is 0 Å². The Labute approximate surface area is 182 Å². The highest BCUT2D eigenvalue weighted by molar-refractivity contribution is 5.06. The highest BCUT2D eigenvalue weighted by atomic mass is 19.4. The lowest BCUT2D eigenvalue weighted by molar-refractivity contribution is -0.325. The molecule has 8 unspecified atom stereocenters. The molecule has 3 aliphatic rings. The van der Waals surface area contributed by atoms with Crippen LogP contribution in [-0.2, 0) is 4.74 Å². The van der Waals surface area contributed by atoms with Gasteiger partial charge in [-0.2, -0.15) is 13.2 Å². The van der Waals surface area contributed by atoms with E-state index in [0.29, 0.717) is 36.5 Å². The van der Waals surface area contributed by atoms with Crippen molar-refractivity contribution < 1.29 is 31.1 Å². The number of ether oxygens (including phenoxy) is 1. The van der Waals surface area contributed by atoms with Crippen molar-refractivity contribution in [2.24, 2.45) is 46.8 Å². The van der Waals surface area contributed by atoms with Gasteiger partial charge in [0.1, 0.15) is 0 Å². The van der Waals surface area contributed by atoms with E-state index in [-0.39, 0.29) is 29.8 Å². The zero-order valence-electron chi connectivity index (χ0n) is 19.0. The molecule has 0 N–H and O–H groups in total. The molecule has 3 rings (SSSR count). The number of halogens is 6. The van der Waals surface area contributed by atoms with Crippen molar-refractivity contribution in [3.8, 4) is 0 Å². The molecule has 3 saturated carbocycles. The molecule has 0 aliphatic heterocycles. The van der Waals surface area contributed by atoms with Gasteiger partial charge in [0.05, 0.1) is 6.61 Å². The van der Waals surface area contributed by atoms with E-state index in [9.17, 15) is 26.3 Å². The average Bonchev–Trinajstić information content (AvgIpc) is 2.98. The van der Waals surface area contributed by atoms with Gasteiger partial charge in [0.25, 0.3) is 0 Å². The molecule has 0 aromatic carbocycles. The summed E-state index contributed by atoms with van der Waals surface area (Å²) in [6.45, 7) is 6.12. The molecule has 0 saturated heterocycles. The molecule has 3 fully saturated rings. The minimum atomic E-state index is -4.58. The van der Waals surface area contributed by atoms with Gasteiger partial charge in [-0.15, -0.1) is 13.2 Å². The van der Waals surface area contributed by atoms with Crippen LogP contribution >= 0.6 is 0 Å². The van der Waals surface area contributed by atoms with Gasteiger partial charge in [-0.25, -0.2) is 0 Å². The van der Waals surface area contributed by atoms with Crippen molar-refractivity contribution in [1.82, 2.24) is 0 Å². The molecule has 0 heterocycles. The number of rotatable bonds is 7. The van der Waals surface area contributed by atoms with E-state index >= 15 is 0 Å². The van der Waals surface area contributed by atoms with E-state index in [2.05, 4.69) is 18.6 Å². The fourth-order valence-corrected chi connectivity index (χ4v) is 8.10. The van der Waals surface area contributed by atoms with Crippen molar-refractivity contribution in [3.63, 3.8) is 0 Å². The predicted octanol–water partition coefficient (Wildman–Crippen LogP) is 8.39. The van der Waals surface area contributed by atoms with Gasteiger partial charge in [-0.1, -0.05) is 33.6 Å². The van der Waals surface area contributed by atoms with E-state index in [0.717, 1.165) is 44.9 Å². The molecule has 0 aromatic rings. The fraction of sp³-hybridized carbons (Fsp3) is 1.00. The molecule has 31 heavy (non-hydrogen) atoms. The minimum absolute atomic E-state index is 0.0897. The second-order valence-electron chi connectivity index (χ2n) is 10.8. The van der Waals surface area contributed by atoms with Gasteiger partial charge in [-0.05, 0) is 91.8 Å². The largest absolute Gasteiger partial charge is 0.522 e. The Balaban J connectivity index is 1.68. The third kappa shape index (κ3) is 5.73. The van der Waals surface area contributed by atoms with E-state index in [4.69, 9.17) is 0 Å². The molecule has 0 amide bonds. The maximum Gasteiger partial charge on any atom is 0.522 e. The van der Waals surface area contributed by atoms with Crippen LogP contribution in [0.2, 0.25) is 0 Å². The van der Waals surface area contributed by atoms with E-state index in [1.165, 1.54) is 0 Å². The lowest BCUT2D eigenvalue weighted by atomic mass is 9.50. The number of hydrogen-bond donors (Lipinski definition) is 0. The molecule has 0 aromatic heterocycles. The molecule has 8 atom stereocenters. The van der Waals surface area contributed by atoms with Gasteiger partial charge in [0, 0.05) is 6.42 Å². The van der Waals surface area contributed by atoms with Crippen molar-refractivity contribution in [3.05, 3.63) is 0 Å². The average molecular weight is 457 g/mol. The summed E-state index contributed by atoms with van der Waals surface area (Å²) in [7, 11) is 0. The van der Waals surface area contributed by atoms with Crippen LogP contribution in [0.5, 0.6) is 0 Å². The summed E-state index contributed by atoms with van der Waals surface area (Å²) in [5, 5.41) is 0. The van der Waals surface area contributed by atoms with Gasteiger partial charge in [0.15, 0.2) is 0 Å². The van der Waals surface area contributed by atoms with Crippen LogP contribution in [0.3, 0.4) is 0 Å². The smallest absolute Gasteiger partial charge is 0.292 e. The van der Waals surface area contributed by atoms with Crippen LogP contribution in [0.4, 0.5) is 26.3 Å². The zero-order valence-corrected chi connectivity index (χ0v) is 19.0. The molecule has 0 spiro atoms. The first-order valence-corrected chi connectivity index (χ1v) is 12.1. The molecule has 3 aliphatic carbocycles. The normalized spacial score (nSPS) is 39.8. The quantitative estimate of drug-likeness (QED) is 0.350. The summed E-state index contributed by atoms with van der Waals surface area (Å²) in [4.78, 5) is 0.